The van der Waals surface area contributed by atoms with Gasteiger partial charge < -0.3 is 20.0 Å². The van der Waals surface area contributed by atoms with Gasteiger partial charge in [0.1, 0.15) is 5.70 Å². The van der Waals surface area contributed by atoms with E-state index in [0.29, 0.717) is 5.84 Å². The summed E-state index contributed by atoms with van der Waals surface area (Å²) in [6, 6.07) is -0.256. The number of fused-ring (bicyclic) bond motifs is 1. The van der Waals surface area contributed by atoms with Gasteiger partial charge in [0.25, 0.3) is 0 Å². The first-order chi connectivity index (χ1) is 11.2. The van der Waals surface area contributed by atoms with E-state index in [1.54, 1.807) is 13.8 Å². The number of thioether (sulfide) groups is 1. The monoisotopic (exact) mass is 353 g/mol. The third kappa shape index (κ3) is 2.52. The number of aliphatic hydroxyl groups is 1. The van der Waals surface area contributed by atoms with Crippen LogP contribution in [0.3, 0.4) is 0 Å². The Bertz CT molecular complexity index is 633. The van der Waals surface area contributed by atoms with Crippen molar-refractivity contribution >= 4 is 29.5 Å². The van der Waals surface area contributed by atoms with Crippen LogP contribution in [0.4, 0.5) is 0 Å². The molecular weight excluding hydrogens is 330 g/mol. The highest BCUT2D eigenvalue weighted by atomic mass is 32.2. The minimum absolute atomic E-state index is 0.0874. The molecule has 3 rings (SSSR count). The van der Waals surface area contributed by atoms with Crippen LogP contribution in [0.1, 0.15) is 27.2 Å². The number of likely N-dealkylation sites (tertiary alicyclic amines) is 1. The summed E-state index contributed by atoms with van der Waals surface area (Å²) in [6.45, 7) is 6.80. The highest BCUT2D eigenvalue weighted by Gasteiger charge is 2.60. The van der Waals surface area contributed by atoms with E-state index >= 15 is 0 Å². The number of hydrogen-bond acceptors (Lipinski definition) is 5. The SMILES string of the molecule is CC(=N)N1CCC(SC2=C(C(=O)O)N3C(=O)C(C(C)O)C3C2C)C1. The Morgan fingerprint density at radius 3 is 2.62 bits per heavy atom. The van der Waals surface area contributed by atoms with Crippen LogP contribution < -0.4 is 0 Å². The zero-order valence-electron chi connectivity index (χ0n) is 14.0. The molecule has 0 radical (unpaired) electrons. The molecule has 3 N–H and O–H groups in total. The molecule has 2 saturated heterocycles. The summed E-state index contributed by atoms with van der Waals surface area (Å²) in [5, 5.41) is 27.4. The zero-order valence-corrected chi connectivity index (χ0v) is 14.8. The van der Waals surface area contributed by atoms with Gasteiger partial charge in [0.2, 0.25) is 5.91 Å². The number of carbonyl (C=O) groups is 2. The van der Waals surface area contributed by atoms with E-state index in [0.717, 1.165) is 24.4 Å². The second kappa shape index (κ2) is 6.07. The van der Waals surface area contributed by atoms with E-state index < -0.39 is 18.0 Å². The van der Waals surface area contributed by atoms with E-state index in [2.05, 4.69) is 0 Å². The van der Waals surface area contributed by atoms with Gasteiger partial charge >= 0.3 is 5.97 Å². The first-order valence-electron chi connectivity index (χ1n) is 8.19. The topological polar surface area (TPSA) is 105 Å². The summed E-state index contributed by atoms with van der Waals surface area (Å²) >= 11 is 1.53. The van der Waals surface area contributed by atoms with Crippen LogP contribution in [0.25, 0.3) is 0 Å². The third-order valence-corrected chi connectivity index (χ3v) is 6.76. The van der Waals surface area contributed by atoms with Crippen molar-refractivity contribution in [3.63, 3.8) is 0 Å². The molecular formula is C16H23N3O4S. The van der Waals surface area contributed by atoms with Crippen molar-refractivity contribution in [2.75, 3.05) is 13.1 Å². The Balaban J connectivity index is 1.83. The number of carbonyl (C=O) groups excluding carboxylic acids is 1. The minimum Gasteiger partial charge on any atom is -0.477 e. The van der Waals surface area contributed by atoms with Crippen molar-refractivity contribution in [3.05, 3.63) is 10.6 Å². The van der Waals surface area contributed by atoms with E-state index in [4.69, 9.17) is 5.41 Å². The van der Waals surface area contributed by atoms with E-state index in [9.17, 15) is 19.8 Å². The van der Waals surface area contributed by atoms with Gasteiger partial charge in [0, 0.05) is 29.2 Å². The molecule has 0 spiro atoms. The van der Waals surface area contributed by atoms with Crippen molar-refractivity contribution in [2.45, 2.75) is 44.6 Å². The average molecular weight is 353 g/mol. The lowest BCUT2D eigenvalue weighted by Crippen LogP contribution is -2.63. The Labute approximate surface area is 145 Å². The highest BCUT2D eigenvalue weighted by molar-refractivity contribution is 8.03. The number of rotatable bonds is 4. The van der Waals surface area contributed by atoms with Crippen LogP contribution in [0, 0.1) is 17.2 Å². The maximum atomic E-state index is 12.3. The van der Waals surface area contributed by atoms with E-state index in [-0.39, 0.29) is 28.8 Å². The van der Waals surface area contributed by atoms with Crippen molar-refractivity contribution in [2.24, 2.45) is 11.8 Å². The first-order valence-corrected chi connectivity index (χ1v) is 9.07. The molecule has 0 aliphatic carbocycles. The number of nitrogens with zero attached hydrogens (tertiary/aromatic N) is 2. The van der Waals surface area contributed by atoms with Gasteiger partial charge in [0.15, 0.2) is 0 Å². The molecule has 5 atom stereocenters. The lowest BCUT2D eigenvalue weighted by molar-refractivity contribution is -0.163. The normalized spacial score (nSPS) is 33.6. The standard InChI is InChI=1S/C16H23N3O4S/c1-7-12-11(8(2)20)15(21)19(12)13(16(22)23)14(7)24-10-4-5-18(6-10)9(3)17/h7-8,10-12,17,20H,4-6H2,1-3H3,(H,22,23). The number of nitrogens with one attached hydrogen (secondary N) is 1. The molecule has 8 heteroatoms. The summed E-state index contributed by atoms with van der Waals surface area (Å²) in [6.07, 6.45) is 0.116. The van der Waals surface area contributed by atoms with Gasteiger partial charge in [-0.2, -0.15) is 0 Å². The van der Waals surface area contributed by atoms with Gasteiger partial charge in [-0.15, -0.1) is 11.8 Å². The second-order valence-electron chi connectivity index (χ2n) is 6.83. The summed E-state index contributed by atoms with van der Waals surface area (Å²) in [4.78, 5) is 28.1. The number of β-lactam (4-membered cyclic amide) rings is 1. The number of amidine groups is 1. The average Bonchev–Trinajstić information content (AvgIpc) is 3.03. The number of hydrogen-bond donors (Lipinski definition) is 3. The predicted octanol–water partition coefficient (Wildman–Crippen LogP) is 0.945. The maximum absolute atomic E-state index is 12.3. The minimum atomic E-state index is -1.08. The molecule has 0 saturated carbocycles. The third-order valence-electron chi connectivity index (χ3n) is 5.22. The quantitative estimate of drug-likeness (QED) is 0.395. The number of aliphatic hydroxyl groups excluding tert-OH is 1. The number of amides is 1. The van der Waals surface area contributed by atoms with Crippen LogP contribution in [0.15, 0.2) is 10.6 Å². The summed E-state index contributed by atoms with van der Waals surface area (Å²) in [7, 11) is 0. The highest BCUT2D eigenvalue weighted by Crippen LogP contribution is 2.51. The van der Waals surface area contributed by atoms with Gasteiger partial charge in [-0.3, -0.25) is 10.2 Å². The van der Waals surface area contributed by atoms with Crippen LogP contribution in [0.2, 0.25) is 0 Å². The Morgan fingerprint density at radius 1 is 1.46 bits per heavy atom. The molecule has 24 heavy (non-hydrogen) atoms. The zero-order chi connectivity index (χ0) is 17.8. The lowest BCUT2D eigenvalue weighted by Gasteiger charge is -2.46. The Kier molecular flexibility index (Phi) is 4.37. The molecule has 2 fully saturated rings. The fourth-order valence-corrected chi connectivity index (χ4v) is 5.48. The van der Waals surface area contributed by atoms with Crippen LogP contribution in [-0.2, 0) is 9.59 Å². The number of carboxylic acids is 1. The predicted molar refractivity (Wildman–Crippen MR) is 90.6 cm³/mol. The molecule has 3 aliphatic heterocycles. The molecule has 0 aromatic carbocycles. The fraction of sp³-hybridized carbons (Fsp3) is 0.688. The van der Waals surface area contributed by atoms with Gasteiger partial charge in [-0.1, -0.05) is 6.92 Å². The van der Waals surface area contributed by atoms with Crippen LogP contribution >= 0.6 is 11.8 Å². The molecule has 0 aromatic heterocycles. The summed E-state index contributed by atoms with van der Waals surface area (Å²) in [5.41, 5.74) is 0.0874. The summed E-state index contributed by atoms with van der Waals surface area (Å²) < 4.78 is 0. The lowest BCUT2D eigenvalue weighted by atomic mass is 9.79. The van der Waals surface area contributed by atoms with E-state index in [1.165, 1.54) is 16.7 Å². The Hall–Kier alpha value is -1.54. The van der Waals surface area contributed by atoms with Gasteiger partial charge in [-0.25, -0.2) is 4.79 Å². The molecule has 3 heterocycles. The smallest absolute Gasteiger partial charge is 0.353 e. The first kappa shape index (κ1) is 17.3. The van der Waals surface area contributed by atoms with Gasteiger partial charge in [-0.05, 0) is 20.3 Å². The molecule has 0 aromatic rings. The molecule has 7 nitrogen and oxygen atoms in total. The van der Waals surface area contributed by atoms with Crippen LogP contribution in [-0.4, -0.2) is 68.2 Å². The molecule has 3 aliphatic rings. The largest absolute Gasteiger partial charge is 0.477 e. The molecule has 0 bridgehead atoms. The second-order valence-corrected chi connectivity index (χ2v) is 8.17. The number of carboxylic acid groups (broad SMARTS) is 1. The molecule has 1 amide bonds. The van der Waals surface area contributed by atoms with E-state index in [1.807, 2.05) is 11.8 Å². The summed E-state index contributed by atoms with van der Waals surface area (Å²) in [5.74, 6) is -1.45. The van der Waals surface area contributed by atoms with Crippen molar-refractivity contribution < 1.29 is 19.8 Å². The Morgan fingerprint density at radius 2 is 2.12 bits per heavy atom. The van der Waals surface area contributed by atoms with Crippen molar-refractivity contribution in [3.8, 4) is 0 Å². The van der Waals surface area contributed by atoms with Gasteiger partial charge in [0.05, 0.1) is 23.9 Å². The van der Waals surface area contributed by atoms with Crippen LogP contribution in [0.5, 0.6) is 0 Å². The number of aliphatic carboxylic acids is 1. The molecule has 132 valence electrons. The maximum Gasteiger partial charge on any atom is 0.353 e. The fourth-order valence-electron chi connectivity index (χ4n) is 3.99. The molecule has 5 unspecified atom stereocenters. The van der Waals surface area contributed by atoms with Crippen molar-refractivity contribution in [1.29, 1.82) is 5.41 Å². The van der Waals surface area contributed by atoms with Crippen molar-refractivity contribution in [1.82, 2.24) is 9.80 Å².